The Labute approximate surface area is 150 Å². The summed E-state index contributed by atoms with van der Waals surface area (Å²) in [5, 5.41) is 2.62. The van der Waals surface area contributed by atoms with E-state index in [-0.39, 0.29) is 10.7 Å². The fraction of sp³-hybridized carbons (Fsp3) is 0.0556. The van der Waals surface area contributed by atoms with E-state index in [1.165, 1.54) is 43.7 Å². The normalized spacial score (nSPS) is 11.0. The third-order valence-corrected chi connectivity index (χ3v) is 4.90. The highest BCUT2D eigenvalue weighted by molar-refractivity contribution is 7.92. The predicted molar refractivity (Wildman–Crippen MR) is 96.9 cm³/mol. The second kappa shape index (κ2) is 7.32. The molecule has 0 saturated carbocycles. The van der Waals surface area contributed by atoms with Gasteiger partial charge in [0.05, 0.1) is 24.0 Å². The zero-order chi connectivity index (χ0) is 18.6. The topological polar surface area (TPSA) is 97.6 Å². The number of ether oxygens (including phenoxy) is 1. The van der Waals surface area contributed by atoms with Gasteiger partial charge in [-0.25, -0.2) is 8.42 Å². The summed E-state index contributed by atoms with van der Waals surface area (Å²) in [5.74, 6) is 0.163. The molecule has 26 heavy (non-hydrogen) atoms. The standard InChI is InChI=1S/C18H16N2O5S/c1-24-16-6-3-2-5-15(16)20-26(22,23)14-10-8-13(9-11-14)19-18(21)17-7-4-12-25-17/h2-12,20H,1H3,(H,19,21). The largest absolute Gasteiger partial charge is 0.495 e. The molecule has 0 unspecified atom stereocenters. The van der Waals surface area contributed by atoms with Gasteiger partial charge in [0.1, 0.15) is 5.75 Å². The molecule has 134 valence electrons. The molecular formula is C18H16N2O5S. The number of hydrogen-bond acceptors (Lipinski definition) is 5. The molecule has 1 heterocycles. The third kappa shape index (κ3) is 3.86. The van der Waals surface area contributed by atoms with Gasteiger partial charge < -0.3 is 14.5 Å². The molecule has 3 rings (SSSR count). The number of amides is 1. The summed E-state index contributed by atoms with van der Waals surface area (Å²) in [6.45, 7) is 0. The maximum atomic E-state index is 12.5. The van der Waals surface area contributed by atoms with Crippen LogP contribution < -0.4 is 14.8 Å². The minimum absolute atomic E-state index is 0.0550. The molecule has 0 aliphatic rings. The summed E-state index contributed by atoms with van der Waals surface area (Å²) in [7, 11) is -2.33. The Morgan fingerprint density at radius 2 is 1.73 bits per heavy atom. The first-order valence-electron chi connectivity index (χ1n) is 7.60. The summed E-state index contributed by atoms with van der Waals surface area (Å²) < 4.78 is 37.7. The zero-order valence-corrected chi connectivity index (χ0v) is 14.6. The highest BCUT2D eigenvalue weighted by Gasteiger charge is 2.17. The second-order valence-electron chi connectivity index (χ2n) is 5.26. The van der Waals surface area contributed by atoms with Crippen molar-refractivity contribution in [2.45, 2.75) is 4.90 Å². The van der Waals surface area contributed by atoms with Crippen molar-refractivity contribution < 1.29 is 22.4 Å². The third-order valence-electron chi connectivity index (χ3n) is 3.52. The van der Waals surface area contributed by atoms with Crippen LogP contribution in [0.4, 0.5) is 11.4 Å². The Bertz CT molecular complexity index is 996. The Balaban J connectivity index is 1.75. The molecule has 0 saturated heterocycles. The molecular weight excluding hydrogens is 356 g/mol. The fourth-order valence-electron chi connectivity index (χ4n) is 2.25. The van der Waals surface area contributed by atoms with E-state index in [1.807, 2.05) is 0 Å². The molecule has 8 heteroatoms. The van der Waals surface area contributed by atoms with Crippen molar-refractivity contribution in [2.75, 3.05) is 17.1 Å². The molecule has 1 amide bonds. The van der Waals surface area contributed by atoms with Crippen LogP contribution in [0, 0.1) is 0 Å². The average molecular weight is 372 g/mol. The van der Waals surface area contributed by atoms with Crippen LogP contribution in [-0.4, -0.2) is 21.4 Å². The molecule has 1 aromatic heterocycles. The van der Waals surface area contributed by atoms with Gasteiger partial charge in [-0.15, -0.1) is 0 Å². The minimum atomic E-state index is -3.80. The quantitative estimate of drug-likeness (QED) is 0.692. The molecule has 0 radical (unpaired) electrons. The maximum Gasteiger partial charge on any atom is 0.291 e. The van der Waals surface area contributed by atoms with Crippen LogP contribution >= 0.6 is 0 Å². The van der Waals surface area contributed by atoms with Crippen LogP contribution in [0.3, 0.4) is 0 Å². The number of sulfonamides is 1. The maximum absolute atomic E-state index is 12.5. The second-order valence-corrected chi connectivity index (χ2v) is 6.94. The number of rotatable bonds is 6. The summed E-state index contributed by atoms with van der Waals surface area (Å²) in [4.78, 5) is 12.0. The molecule has 3 aromatic rings. The van der Waals surface area contributed by atoms with Gasteiger partial charge in [-0.2, -0.15) is 0 Å². The van der Waals surface area contributed by atoms with E-state index in [0.29, 0.717) is 17.1 Å². The first kappa shape index (κ1) is 17.6. The number of methoxy groups -OCH3 is 1. The van der Waals surface area contributed by atoms with Crippen LogP contribution in [0.15, 0.2) is 76.2 Å². The van der Waals surface area contributed by atoms with Crippen molar-refractivity contribution in [1.82, 2.24) is 0 Å². The van der Waals surface area contributed by atoms with Crippen molar-refractivity contribution in [3.8, 4) is 5.75 Å². The van der Waals surface area contributed by atoms with Gasteiger partial charge in [-0.1, -0.05) is 12.1 Å². The lowest BCUT2D eigenvalue weighted by molar-refractivity contribution is 0.0996. The van der Waals surface area contributed by atoms with Gasteiger partial charge >= 0.3 is 0 Å². The molecule has 0 fully saturated rings. The van der Waals surface area contributed by atoms with Gasteiger partial charge in [-0.05, 0) is 48.5 Å². The SMILES string of the molecule is COc1ccccc1NS(=O)(=O)c1ccc(NC(=O)c2ccco2)cc1. The van der Waals surface area contributed by atoms with Crippen molar-refractivity contribution in [2.24, 2.45) is 0 Å². The van der Waals surface area contributed by atoms with E-state index in [4.69, 9.17) is 9.15 Å². The van der Waals surface area contributed by atoms with Crippen LogP contribution in [0.1, 0.15) is 10.6 Å². The van der Waals surface area contributed by atoms with E-state index in [9.17, 15) is 13.2 Å². The van der Waals surface area contributed by atoms with Crippen LogP contribution in [-0.2, 0) is 10.0 Å². The number of anilines is 2. The highest BCUT2D eigenvalue weighted by atomic mass is 32.2. The summed E-state index contributed by atoms with van der Waals surface area (Å²) in [5.41, 5.74) is 0.785. The number of benzene rings is 2. The van der Waals surface area contributed by atoms with Crippen LogP contribution in [0.5, 0.6) is 5.75 Å². The number of para-hydroxylation sites is 2. The minimum Gasteiger partial charge on any atom is -0.495 e. The monoisotopic (exact) mass is 372 g/mol. The van der Waals surface area contributed by atoms with Crippen LogP contribution in [0.2, 0.25) is 0 Å². The molecule has 2 N–H and O–H groups in total. The summed E-state index contributed by atoms with van der Waals surface area (Å²) in [6.07, 6.45) is 1.40. The van der Waals surface area contributed by atoms with Gasteiger partial charge in [0.15, 0.2) is 5.76 Å². The van der Waals surface area contributed by atoms with Crippen LogP contribution in [0.25, 0.3) is 0 Å². The number of carbonyl (C=O) groups excluding carboxylic acids is 1. The molecule has 0 aliphatic carbocycles. The van der Waals surface area contributed by atoms with Crippen molar-refractivity contribution in [1.29, 1.82) is 0 Å². The van der Waals surface area contributed by atoms with Gasteiger partial charge in [0, 0.05) is 5.69 Å². The van der Waals surface area contributed by atoms with Crippen molar-refractivity contribution in [3.63, 3.8) is 0 Å². The first-order chi connectivity index (χ1) is 12.5. The number of furan rings is 1. The Hall–Kier alpha value is -3.26. The van der Waals surface area contributed by atoms with Gasteiger partial charge in [0.2, 0.25) is 0 Å². The number of hydrogen-bond donors (Lipinski definition) is 2. The fourth-order valence-corrected chi connectivity index (χ4v) is 3.32. The zero-order valence-electron chi connectivity index (χ0n) is 13.8. The van der Waals surface area contributed by atoms with Crippen molar-refractivity contribution >= 4 is 27.3 Å². The number of nitrogens with one attached hydrogen (secondary N) is 2. The number of carbonyl (C=O) groups is 1. The Kier molecular flexibility index (Phi) is 4.94. The first-order valence-corrected chi connectivity index (χ1v) is 9.09. The molecule has 0 atom stereocenters. The molecule has 0 aliphatic heterocycles. The van der Waals surface area contributed by atoms with Gasteiger partial charge in [-0.3, -0.25) is 9.52 Å². The van der Waals surface area contributed by atoms with E-state index in [2.05, 4.69) is 10.0 Å². The van der Waals surface area contributed by atoms with E-state index >= 15 is 0 Å². The van der Waals surface area contributed by atoms with E-state index in [0.717, 1.165) is 0 Å². The average Bonchev–Trinajstić information content (AvgIpc) is 3.17. The molecule has 2 aromatic carbocycles. The molecule has 0 bridgehead atoms. The predicted octanol–water partition coefficient (Wildman–Crippen LogP) is 3.34. The molecule has 7 nitrogen and oxygen atoms in total. The Morgan fingerprint density at radius 3 is 2.38 bits per heavy atom. The lowest BCUT2D eigenvalue weighted by atomic mass is 10.3. The highest BCUT2D eigenvalue weighted by Crippen LogP contribution is 2.26. The van der Waals surface area contributed by atoms with Gasteiger partial charge in [0.25, 0.3) is 15.9 Å². The summed E-state index contributed by atoms with van der Waals surface area (Å²) >= 11 is 0. The lowest BCUT2D eigenvalue weighted by Crippen LogP contribution is -2.14. The Morgan fingerprint density at radius 1 is 1.00 bits per heavy atom. The van der Waals surface area contributed by atoms with E-state index < -0.39 is 15.9 Å². The molecule has 0 spiro atoms. The lowest BCUT2D eigenvalue weighted by Gasteiger charge is -2.12. The van der Waals surface area contributed by atoms with E-state index in [1.54, 1.807) is 30.3 Å². The van der Waals surface area contributed by atoms with Crippen molar-refractivity contribution in [3.05, 3.63) is 72.7 Å². The smallest absolute Gasteiger partial charge is 0.291 e. The summed E-state index contributed by atoms with van der Waals surface area (Å²) in [6, 6.07) is 15.6.